The normalized spacial score (nSPS) is 15.9. The fraction of sp³-hybridized carbons (Fsp3) is 0.375. The van der Waals surface area contributed by atoms with Gasteiger partial charge in [-0.15, -0.1) is 34.0 Å². The molecule has 4 aliphatic rings. The topological polar surface area (TPSA) is 13.0 Å². The minimum absolute atomic E-state index is 0.676. The second-order valence-electron chi connectivity index (χ2n) is 21.6. The van der Waals surface area contributed by atoms with E-state index >= 15 is 0 Å². The third-order valence-electron chi connectivity index (χ3n) is 16.7. The average molecular weight is 1230 g/mol. The molecule has 0 saturated heterocycles. The highest BCUT2D eigenvalue weighted by atomic mass is 35.5. The number of hydrogen-bond donors (Lipinski definition) is 0. The van der Waals surface area contributed by atoms with E-state index in [4.69, 9.17) is 46.4 Å². The SMILES string of the molecule is CC[SiH](CC)c1cc2c(s1)CCN(Cc1ccccc1Cl)C2.CC[Si](CC)(c1cc2c(s1)CCN(Cc1ccccc1Cl)C2)c1cc2c(s1)CCN(Cc1ccccc1Cl)C2.Clc1ccccc1CN1CCc2sccc2C1. The molecular formula is C64H74Cl4N4S4Si2. The molecule has 0 fully saturated rings. The van der Waals surface area contributed by atoms with Gasteiger partial charge in [-0.2, -0.15) is 11.3 Å². The van der Waals surface area contributed by atoms with Crippen molar-refractivity contribution in [1.29, 1.82) is 0 Å². The molecule has 0 spiro atoms. The summed E-state index contributed by atoms with van der Waals surface area (Å²) in [6, 6.07) is 48.2. The van der Waals surface area contributed by atoms with Crippen LogP contribution < -0.4 is 13.5 Å². The third kappa shape index (κ3) is 13.9. The van der Waals surface area contributed by atoms with Gasteiger partial charge in [0.05, 0.1) is 8.80 Å². The Morgan fingerprint density at radius 2 is 0.769 bits per heavy atom. The van der Waals surface area contributed by atoms with E-state index in [1.165, 1.54) is 64.8 Å². The fourth-order valence-electron chi connectivity index (χ4n) is 11.9. The van der Waals surface area contributed by atoms with E-state index in [-0.39, 0.29) is 0 Å². The second-order valence-corrected chi connectivity index (χ2v) is 37.1. The Morgan fingerprint density at radius 1 is 0.423 bits per heavy atom. The standard InChI is InChI=1S/C32H36Cl2N2S2Si.C18H24ClNSSi.C14H14ClNS/c1-3-39(4-2,31-17-25-21-35(15-13-29(25)37-31)19-23-9-5-7-11-27(23)33)32-18-26-22-36(16-14-30(26)38-32)20-24-10-6-8-12-28(24)34;1-3-22(4-2)18-11-15-13-20(10-9-17(15)21-18)12-14-7-5-6-8-16(14)19;15-13-4-2-1-3-11(13)9-16-7-5-14-12(10-16)6-8-17-14/h5-12,17-18H,3-4,13-16,19-22H2,1-2H3;5-8,11,22H,3-4,9-10,12-13H2,1-2H3;1-4,6,8H,5,7,9-10H2. The van der Waals surface area contributed by atoms with Gasteiger partial charge in [0.1, 0.15) is 8.07 Å². The number of thiophene rings is 4. The first kappa shape index (κ1) is 58.3. The van der Waals surface area contributed by atoms with E-state index in [1.54, 1.807) is 49.7 Å². The largest absolute Gasteiger partial charge is 0.294 e. The lowest BCUT2D eigenvalue weighted by atomic mass is 10.1. The molecule has 0 atom stereocenters. The maximum atomic E-state index is 6.49. The number of hydrogen-bond acceptors (Lipinski definition) is 8. The lowest BCUT2D eigenvalue weighted by molar-refractivity contribution is 0.247. The Balaban J connectivity index is 0.000000148. The Bertz CT molecular complexity index is 3140. The summed E-state index contributed by atoms with van der Waals surface area (Å²) < 4.78 is 5.13. The first-order chi connectivity index (χ1) is 38.0. The maximum absolute atomic E-state index is 6.49. The Hall–Kier alpha value is -2.89. The van der Waals surface area contributed by atoms with Gasteiger partial charge in [0, 0.05) is 118 Å². The molecule has 0 N–H and O–H groups in total. The molecule has 4 nitrogen and oxygen atoms in total. The number of benzene rings is 4. The minimum Gasteiger partial charge on any atom is -0.294 e. The first-order valence-electron chi connectivity index (χ1n) is 28.3. The summed E-state index contributed by atoms with van der Waals surface area (Å²) in [5.74, 6) is 0. The van der Waals surface area contributed by atoms with Crippen LogP contribution in [-0.2, 0) is 78.0 Å². The zero-order valence-corrected chi connectivity index (χ0v) is 54.2. The van der Waals surface area contributed by atoms with Crippen molar-refractivity contribution < 1.29 is 0 Å². The van der Waals surface area contributed by atoms with Crippen molar-refractivity contribution in [2.24, 2.45) is 0 Å². The summed E-state index contributed by atoms with van der Waals surface area (Å²) in [4.78, 5) is 16.6. The van der Waals surface area contributed by atoms with Gasteiger partial charge in [-0.1, -0.05) is 171 Å². The number of fused-ring (bicyclic) bond motifs is 4. The van der Waals surface area contributed by atoms with E-state index in [2.05, 4.69) is 159 Å². The van der Waals surface area contributed by atoms with Gasteiger partial charge < -0.3 is 0 Å². The van der Waals surface area contributed by atoms with Gasteiger partial charge in [-0.3, -0.25) is 19.6 Å². The molecule has 78 heavy (non-hydrogen) atoms. The van der Waals surface area contributed by atoms with Crippen LogP contribution in [0, 0.1) is 0 Å². The van der Waals surface area contributed by atoms with Crippen molar-refractivity contribution in [1.82, 2.24) is 19.6 Å². The zero-order chi connectivity index (χ0) is 54.2. The van der Waals surface area contributed by atoms with Crippen LogP contribution >= 0.6 is 91.8 Å². The maximum Gasteiger partial charge on any atom is 0.142 e. The summed E-state index contributed by atoms with van der Waals surface area (Å²) >= 11 is 33.8. The quantitative estimate of drug-likeness (QED) is 0.0949. The van der Waals surface area contributed by atoms with Crippen LogP contribution in [0.25, 0.3) is 0 Å². The molecule has 410 valence electrons. The van der Waals surface area contributed by atoms with Crippen LogP contribution in [0.5, 0.6) is 0 Å². The zero-order valence-electron chi connectivity index (χ0n) is 45.8. The highest BCUT2D eigenvalue weighted by molar-refractivity contribution is 7.37. The van der Waals surface area contributed by atoms with E-state index in [0.717, 1.165) is 111 Å². The first-order valence-corrected chi connectivity index (χ1v) is 37.7. The molecule has 4 aromatic carbocycles. The minimum atomic E-state index is -1.78. The van der Waals surface area contributed by atoms with Crippen molar-refractivity contribution in [2.45, 2.75) is 130 Å². The van der Waals surface area contributed by atoms with Crippen LogP contribution in [0.3, 0.4) is 0 Å². The molecular weight excluding hydrogens is 1150 g/mol. The smallest absolute Gasteiger partial charge is 0.142 e. The molecule has 0 saturated carbocycles. The van der Waals surface area contributed by atoms with E-state index in [1.807, 2.05) is 59.9 Å². The molecule has 0 bridgehead atoms. The van der Waals surface area contributed by atoms with Gasteiger partial charge in [0.25, 0.3) is 0 Å². The average Bonchev–Trinajstić information content (AvgIpc) is 4.46. The third-order valence-corrected chi connectivity index (χ3v) is 34.2. The van der Waals surface area contributed by atoms with Gasteiger partial charge >= 0.3 is 0 Å². The molecule has 0 radical (unpaired) electrons. The lowest BCUT2D eigenvalue weighted by Crippen LogP contribution is -2.54. The van der Waals surface area contributed by atoms with Crippen molar-refractivity contribution in [2.75, 3.05) is 26.2 Å². The molecule has 8 aromatic rings. The summed E-state index contributed by atoms with van der Waals surface area (Å²) in [5.41, 5.74) is 11.1. The lowest BCUT2D eigenvalue weighted by Gasteiger charge is -2.27. The van der Waals surface area contributed by atoms with Crippen LogP contribution in [0.1, 0.15) is 91.7 Å². The second kappa shape index (κ2) is 27.5. The van der Waals surface area contributed by atoms with Crippen LogP contribution in [0.2, 0.25) is 44.3 Å². The van der Waals surface area contributed by atoms with Crippen molar-refractivity contribution in [3.05, 3.63) is 211 Å². The van der Waals surface area contributed by atoms with E-state index in [0.29, 0.717) is 0 Å². The Morgan fingerprint density at radius 3 is 1.14 bits per heavy atom. The van der Waals surface area contributed by atoms with Crippen LogP contribution in [-0.4, -0.2) is 62.6 Å². The van der Waals surface area contributed by atoms with E-state index < -0.39 is 16.9 Å². The number of halogens is 4. The summed E-state index contributed by atoms with van der Waals surface area (Å²) in [6.07, 6.45) is 4.69. The molecule has 4 aromatic heterocycles. The van der Waals surface area contributed by atoms with Gasteiger partial charge in [0.2, 0.25) is 0 Å². The molecule has 4 aliphatic heterocycles. The van der Waals surface area contributed by atoms with Gasteiger partial charge in [-0.05, 0) is 138 Å². The Kier molecular flexibility index (Phi) is 20.5. The van der Waals surface area contributed by atoms with Gasteiger partial charge in [-0.25, -0.2) is 0 Å². The molecule has 0 unspecified atom stereocenters. The number of nitrogens with zero attached hydrogens (tertiary/aromatic N) is 4. The molecule has 0 aliphatic carbocycles. The summed E-state index contributed by atoms with van der Waals surface area (Å²) in [7, 11) is -2.45. The highest BCUT2D eigenvalue weighted by Gasteiger charge is 2.39. The van der Waals surface area contributed by atoms with Crippen LogP contribution in [0.15, 0.2) is 127 Å². The summed E-state index contributed by atoms with van der Waals surface area (Å²) in [6.45, 7) is 22.1. The van der Waals surface area contributed by atoms with Crippen LogP contribution in [0.4, 0.5) is 0 Å². The fourth-order valence-corrected chi connectivity index (χ4v) is 28.2. The van der Waals surface area contributed by atoms with Gasteiger partial charge in [0.15, 0.2) is 0 Å². The molecule has 8 heterocycles. The van der Waals surface area contributed by atoms with Crippen molar-refractivity contribution in [3.8, 4) is 0 Å². The highest BCUT2D eigenvalue weighted by Crippen LogP contribution is 2.34. The number of rotatable bonds is 15. The molecule has 12 rings (SSSR count). The molecule has 0 amide bonds. The Labute approximate surface area is 504 Å². The summed E-state index contributed by atoms with van der Waals surface area (Å²) in [5, 5.41) is 5.73. The van der Waals surface area contributed by atoms with Crippen molar-refractivity contribution >= 4 is 122 Å². The predicted octanol–water partition coefficient (Wildman–Crippen LogP) is 16.2. The van der Waals surface area contributed by atoms with Crippen molar-refractivity contribution in [3.63, 3.8) is 0 Å². The van der Waals surface area contributed by atoms with E-state index in [9.17, 15) is 0 Å². The molecule has 14 heteroatoms. The monoisotopic (exact) mass is 1220 g/mol. The predicted molar refractivity (Wildman–Crippen MR) is 348 cm³/mol.